The number of benzene rings is 2. The van der Waals surface area contributed by atoms with Crippen molar-refractivity contribution < 1.29 is 13.2 Å². The van der Waals surface area contributed by atoms with E-state index in [0.717, 1.165) is 66.9 Å². The summed E-state index contributed by atoms with van der Waals surface area (Å²) >= 11 is 0. The molecule has 6 nitrogen and oxygen atoms in total. The van der Waals surface area contributed by atoms with Gasteiger partial charge in [-0.1, -0.05) is 6.07 Å². The molecule has 0 spiro atoms. The molecule has 7 heteroatoms. The van der Waals surface area contributed by atoms with Crippen molar-refractivity contribution in [1.82, 2.24) is 9.47 Å². The third kappa shape index (κ3) is 3.21. The van der Waals surface area contributed by atoms with Gasteiger partial charge in [-0.05, 0) is 42.3 Å². The first kappa shape index (κ1) is 18.0. The Balaban J connectivity index is 1.26. The van der Waals surface area contributed by atoms with Crippen LogP contribution in [0.4, 0.5) is 10.1 Å². The molecule has 2 aromatic heterocycles. The van der Waals surface area contributed by atoms with Gasteiger partial charge in [-0.3, -0.25) is 9.47 Å². The molecule has 0 N–H and O–H groups in total. The number of nitrogens with zero attached hydrogens (tertiary/aromatic N) is 3. The number of anilines is 1. The molecule has 1 saturated heterocycles. The van der Waals surface area contributed by atoms with E-state index in [1.54, 1.807) is 25.4 Å². The molecule has 5 rings (SSSR count). The van der Waals surface area contributed by atoms with Crippen LogP contribution in [0, 0.1) is 5.82 Å². The molecule has 1 aliphatic rings. The minimum atomic E-state index is -0.338. The second-order valence-corrected chi connectivity index (χ2v) is 7.53. The second kappa shape index (κ2) is 7.08. The third-order valence-electron chi connectivity index (χ3n) is 5.82. The number of furan rings is 1. The summed E-state index contributed by atoms with van der Waals surface area (Å²) in [5.74, 6) is -0.578. The number of halogens is 1. The molecule has 0 atom stereocenters. The highest BCUT2D eigenvalue weighted by Gasteiger charge is 2.21. The number of para-hydroxylation sites is 1. The van der Waals surface area contributed by atoms with Crippen molar-refractivity contribution in [2.45, 2.75) is 6.42 Å². The van der Waals surface area contributed by atoms with E-state index in [0.29, 0.717) is 5.58 Å². The topological polar surface area (TPSA) is 54.8 Å². The van der Waals surface area contributed by atoms with Crippen LogP contribution in [0.1, 0.15) is 5.56 Å². The summed E-state index contributed by atoms with van der Waals surface area (Å²) in [5.41, 5.74) is 4.20. The predicted molar refractivity (Wildman–Crippen MR) is 110 cm³/mol. The fourth-order valence-corrected chi connectivity index (χ4v) is 4.12. The number of hydrogen-bond acceptors (Lipinski definition) is 5. The minimum Gasteiger partial charge on any atom is -0.464 e. The molecule has 4 aromatic rings. The van der Waals surface area contributed by atoms with E-state index in [1.807, 2.05) is 18.2 Å². The lowest BCUT2D eigenvalue weighted by Gasteiger charge is -2.36. The molecule has 2 aromatic carbocycles. The van der Waals surface area contributed by atoms with Crippen molar-refractivity contribution in [1.29, 1.82) is 0 Å². The Labute approximate surface area is 166 Å². The number of piperazine rings is 1. The number of hydrogen-bond donors (Lipinski definition) is 0. The van der Waals surface area contributed by atoms with Gasteiger partial charge in [-0.25, -0.2) is 9.18 Å². The molecule has 0 saturated carbocycles. The number of rotatable bonds is 4. The number of oxazole rings is 1. The molecule has 0 bridgehead atoms. The standard InChI is InChI=1S/C22H22FN3O3/c1-24-18-3-2-4-19(21(18)29-22(24)27)26-11-9-25(10-12-26)8-7-15-14-28-20-6-5-16(23)13-17(15)20/h2-6,13-14H,7-12H2,1H3. The van der Waals surface area contributed by atoms with Gasteiger partial charge in [0.2, 0.25) is 0 Å². The van der Waals surface area contributed by atoms with Crippen molar-refractivity contribution in [2.75, 3.05) is 37.6 Å². The average molecular weight is 395 g/mol. The van der Waals surface area contributed by atoms with Gasteiger partial charge in [0.15, 0.2) is 5.58 Å². The Bertz CT molecular complexity index is 1230. The molecular weight excluding hydrogens is 373 g/mol. The van der Waals surface area contributed by atoms with Gasteiger partial charge in [-0.15, -0.1) is 0 Å². The van der Waals surface area contributed by atoms with E-state index in [9.17, 15) is 9.18 Å². The minimum absolute atomic E-state index is 0.240. The largest absolute Gasteiger partial charge is 0.464 e. The summed E-state index contributed by atoms with van der Waals surface area (Å²) in [6.07, 6.45) is 2.55. The molecular formula is C22H22FN3O3. The van der Waals surface area contributed by atoms with E-state index >= 15 is 0 Å². The number of fused-ring (bicyclic) bond motifs is 2. The summed E-state index contributed by atoms with van der Waals surface area (Å²) in [6, 6.07) is 10.5. The van der Waals surface area contributed by atoms with Crippen LogP contribution in [0.5, 0.6) is 0 Å². The van der Waals surface area contributed by atoms with Gasteiger partial charge in [0, 0.05) is 45.2 Å². The lowest BCUT2D eigenvalue weighted by Crippen LogP contribution is -2.47. The molecule has 150 valence electrons. The van der Waals surface area contributed by atoms with Crippen LogP contribution in [0.3, 0.4) is 0 Å². The van der Waals surface area contributed by atoms with E-state index < -0.39 is 0 Å². The van der Waals surface area contributed by atoms with Crippen molar-refractivity contribution in [3.63, 3.8) is 0 Å². The molecule has 29 heavy (non-hydrogen) atoms. The summed E-state index contributed by atoms with van der Waals surface area (Å²) < 4.78 is 26.1. The van der Waals surface area contributed by atoms with Crippen LogP contribution in [0.15, 0.2) is 56.3 Å². The van der Waals surface area contributed by atoms with Crippen LogP contribution in [0.2, 0.25) is 0 Å². The van der Waals surface area contributed by atoms with Crippen molar-refractivity contribution in [3.8, 4) is 0 Å². The predicted octanol–water partition coefficient (Wildman–Crippen LogP) is 3.38. The lowest BCUT2D eigenvalue weighted by atomic mass is 10.1. The van der Waals surface area contributed by atoms with Crippen molar-refractivity contribution in [2.24, 2.45) is 7.05 Å². The third-order valence-corrected chi connectivity index (χ3v) is 5.82. The molecule has 1 fully saturated rings. The van der Waals surface area contributed by atoms with Gasteiger partial charge >= 0.3 is 5.76 Å². The zero-order valence-electron chi connectivity index (χ0n) is 16.2. The summed E-state index contributed by atoms with van der Waals surface area (Å²) in [7, 11) is 1.72. The Morgan fingerprint density at radius 3 is 2.76 bits per heavy atom. The summed E-state index contributed by atoms with van der Waals surface area (Å²) in [4.78, 5) is 16.5. The fraction of sp³-hybridized carbons (Fsp3) is 0.318. The van der Waals surface area contributed by atoms with Gasteiger partial charge in [0.05, 0.1) is 17.5 Å². The fourth-order valence-electron chi connectivity index (χ4n) is 4.12. The average Bonchev–Trinajstić information content (AvgIpc) is 3.27. The normalized spacial score (nSPS) is 15.6. The summed E-state index contributed by atoms with van der Waals surface area (Å²) in [5, 5.41) is 0.856. The second-order valence-electron chi connectivity index (χ2n) is 7.53. The van der Waals surface area contributed by atoms with Crippen molar-refractivity contribution in [3.05, 3.63) is 64.6 Å². The zero-order valence-corrected chi connectivity index (χ0v) is 16.2. The maximum Gasteiger partial charge on any atom is 0.419 e. The molecule has 3 heterocycles. The highest BCUT2D eigenvalue weighted by Crippen LogP contribution is 2.27. The Morgan fingerprint density at radius 2 is 1.93 bits per heavy atom. The number of aryl methyl sites for hydroxylation is 1. The smallest absolute Gasteiger partial charge is 0.419 e. The quantitative estimate of drug-likeness (QED) is 0.530. The molecule has 0 unspecified atom stereocenters. The number of aromatic nitrogens is 1. The van der Waals surface area contributed by atoms with Gasteiger partial charge in [-0.2, -0.15) is 0 Å². The molecule has 0 radical (unpaired) electrons. The highest BCUT2D eigenvalue weighted by molar-refractivity contribution is 5.87. The highest BCUT2D eigenvalue weighted by atomic mass is 19.1. The first-order chi connectivity index (χ1) is 14.1. The maximum absolute atomic E-state index is 13.5. The van der Waals surface area contributed by atoms with E-state index in [-0.39, 0.29) is 11.6 Å². The van der Waals surface area contributed by atoms with E-state index in [1.165, 1.54) is 10.6 Å². The SMILES string of the molecule is Cn1c(=O)oc2c(N3CCN(CCc4coc5ccc(F)cc45)CC3)cccc21. The lowest BCUT2D eigenvalue weighted by molar-refractivity contribution is 0.261. The van der Waals surface area contributed by atoms with Crippen LogP contribution < -0.4 is 10.7 Å². The molecule has 0 amide bonds. The van der Waals surface area contributed by atoms with Gasteiger partial charge in [0.25, 0.3) is 0 Å². The van der Waals surface area contributed by atoms with E-state index in [2.05, 4.69) is 9.80 Å². The Hall–Kier alpha value is -3.06. The van der Waals surface area contributed by atoms with Crippen LogP contribution in [0.25, 0.3) is 22.1 Å². The molecule has 1 aliphatic heterocycles. The van der Waals surface area contributed by atoms with Crippen LogP contribution in [-0.4, -0.2) is 42.2 Å². The monoisotopic (exact) mass is 395 g/mol. The Morgan fingerprint density at radius 1 is 1.10 bits per heavy atom. The summed E-state index contributed by atoms with van der Waals surface area (Å²) in [6.45, 7) is 4.44. The van der Waals surface area contributed by atoms with Crippen LogP contribution >= 0.6 is 0 Å². The zero-order chi connectivity index (χ0) is 20.0. The maximum atomic E-state index is 13.5. The first-order valence-corrected chi connectivity index (χ1v) is 9.81. The Kier molecular flexibility index (Phi) is 4.39. The molecule has 0 aliphatic carbocycles. The van der Waals surface area contributed by atoms with E-state index in [4.69, 9.17) is 8.83 Å². The van der Waals surface area contributed by atoms with Crippen molar-refractivity contribution >= 4 is 27.8 Å². The van der Waals surface area contributed by atoms with Gasteiger partial charge in [0.1, 0.15) is 11.4 Å². The van der Waals surface area contributed by atoms with Gasteiger partial charge < -0.3 is 13.7 Å². The van der Waals surface area contributed by atoms with Crippen LogP contribution in [-0.2, 0) is 13.5 Å². The first-order valence-electron chi connectivity index (χ1n) is 9.81.